The predicted octanol–water partition coefficient (Wildman–Crippen LogP) is 5.80. The number of carbonyl (C=O) groups excluding carboxylic acids is 1. The molecule has 0 atom stereocenters. The number of carbonyl (C=O) groups is 1. The molecule has 0 fully saturated rings. The molecule has 0 aliphatic carbocycles. The second-order valence-electron chi connectivity index (χ2n) is 6.18. The van der Waals surface area contributed by atoms with Crippen LogP contribution in [0, 0.1) is 0 Å². The van der Waals surface area contributed by atoms with Crippen LogP contribution in [-0.4, -0.2) is 20.8 Å². The molecular formula is C20H13Cl3N4O2. The summed E-state index contributed by atoms with van der Waals surface area (Å²) < 4.78 is 6.95. The van der Waals surface area contributed by atoms with Gasteiger partial charge in [0.05, 0.1) is 11.6 Å². The lowest BCUT2D eigenvalue weighted by molar-refractivity contribution is 0.101. The Morgan fingerprint density at radius 2 is 1.86 bits per heavy atom. The van der Waals surface area contributed by atoms with E-state index in [0.29, 0.717) is 38.8 Å². The molecule has 0 unspecified atom stereocenters. The van der Waals surface area contributed by atoms with E-state index in [2.05, 4.69) is 15.6 Å². The molecule has 0 spiro atoms. The third-order valence-corrected chi connectivity index (χ3v) is 4.84. The Labute approximate surface area is 181 Å². The zero-order valence-corrected chi connectivity index (χ0v) is 17.0. The number of aromatic nitrogens is 3. The molecule has 4 aromatic rings. The summed E-state index contributed by atoms with van der Waals surface area (Å²) in [4.78, 5) is 12.5. The highest BCUT2D eigenvalue weighted by Gasteiger charge is 2.16. The summed E-state index contributed by atoms with van der Waals surface area (Å²) in [5, 5.41) is 12.4. The predicted molar refractivity (Wildman–Crippen MR) is 113 cm³/mol. The van der Waals surface area contributed by atoms with Gasteiger partial charge in [-0.3, -0.25) is 9.48 Å². The van der Waals surface area contributed by atoms with Crippen LogP contribution in [-0.2, 0) is 6.54 Å². The topological polar surface area (TPSA) is 73.0 Å². The van der Waals surface area contributed by atoms with Crippen molar-refractivity contribution in [3.05, 3.63) is 87.1 Å². The Balaban J connectivity index is 1.45. The number of amides is 1. The van der Waals surface area contributed by atoms with E-state index in [-0.39, 0.29) is 5.69 Å². The van der Waals surface area contributed by atoms with Crippen LogP contribution >= 0.6 is 34.8 Å². The van der Waals surface area contributed by atoms with Gasteiger partial charge in [-0.05, 0) is 35.9 Å². The lowest BCUT2D eigenvalue weighted by Gasteiger charge is -2.02. The third kappa shape index (κ3) is 4.62. The Hall–Kier alpha value is -2.80. The summed E-state index contributed by atoms with van der Waals surface area (Å²) in [6.45, 7) is 0.527. The first-order valence-electron chi connectivity index (χ1n) is 8.49. The molecule has 0 bridgehead atoms. The second-order valence-corrected chi connectivity index (χ2v) is 7.46. The van der Waals surface area contributed by atoms with Crippen LogP contribution in [0.25, 0.3) is 11.3 Å². The van der Waals surface area contributed by atoms with Crippen LogP contribution in [0.4, 0.5) is 5.82 Å². The molecule has 0 aliphatic heterocycles. The van der Waals surface area contributed by atoms with E-state index in [1.54, 1.807) is 35.1 Å². The molecule has 4 rings (SSSR count). The average molecular weight is 448 g/mol. The number of rotatable bonds is 5. The van der Waals surface area contributed by atoms with Crippen molar-refractivity contribution in [3.8, 4) is 11.3 Å². The molecule has 2 aromatic heterocycles. The molecule has 1 amide bonds. The zero-order chi connectivity index (χ0) is 20.4. The Morgan fingerprint density at radius 1 is 1.03 bits per heavy atom. The van der Waals surface area contributed by atoms with Gasteiger partial charge in [-0.15, -0.1) is 0 Å². The van der Waals surface area contributed by atoms with Crippen molar-refractivity contribution in [1.29, 1.82) is 0 Å². The fourth-order valence-corrected chi connectivity index (χ4v) is 3.43. The average Bonchev–Trinajstić information content (AvgIpc) is 3.32. The normalized spacial score (nSPS) is 10.9. The monoisotopic (exact) mass is 446 g/mol. The van der Waals surface area contributed by atoms with Gasteiger partial charge in [-0.1, -0.05) is 52.1 Å². The van der Waals surface area contributed by atoms with Crippen LogP contribution in [0.1, 0.15) is 16.1 Å². The van der Waals surface area contributed by atoms with Crippen molar-refractivity contribution in [1.82, 2.24) is 14.9 Å². The number of nitrogens with zero attached hydrogens (tertiary/aromatic N) is 3. The Morgan fingerprint density at radius 3 is 2.66 bits per heavy atom. The highest BCUT2D eigenvalue weighted by atomic mass is 35.5. The van der Waals surface area contributed by atoms with Gasteiger partial charge in [0.1, 0.15) is 0 Å². The smallest absolute Gasteiger partial charge is 0.279 e. The van der Waals surface area contributed by atoms with Gasteiger partial charge in [-0.2, -0.15) is 5.10 Å². The van der Waals surface area contributed by atoms with Crippen molar-refractivity contribution in [2.45, 2.75) is 6.54 Å². The van der Waals surface area contributed by atoms with Gasteiger partial charge >= 0.3 is 0 Å². The molecule has 0 saturated heterocycles. The van der Waals surface area contributed by atoms with Crippen molar-refractivity contribution < 1.29 is 9.32 Å². The fourth-order valence-electron chi connectivity index (χ4n) is 2.72. The van der Waals surface area contributed by atoms with Crippen molar-refractivity contribution in [3.63, 3.8) is 0 Å². The molecule has 1 N–H and O–H groups in total. The van der Waals surface area contributed by atoms with E-state index in [1.165, 1.54) is 6.07 Å². The largest absolute Gasteiger partial charge is 0.355 e. The molecule has 29 heavy (non-hydrogen) atoms. The molecule has 146 valence electrons. The summed E-state index contributed by atoms with van der Waals surface area (Å²) in [7, 11) is 0. The van der Waals surface area contributed by atoms with E-state index in [0.717, 1.165) is 5.56 Å². The standard InChI is InChI=1S/C20H13Cl3N4O2/c21-13-3-1-2-12(8-13)11-27-7-6-19(25-27)24-20(28)17-10-18(29-26-17)15-5-4-14(22)9-16(15)23/h1-10H,11H2,(H,24,25,28). The second kappa shape index (κ2) is 8.29. The molecule has 2 heterocycles. The maximum atomic E-state index is 12.5. The summed E-state index contributed by atoms with van der Waals surface area (Å²) in [5.74, 6) is 0.312. The fraction of sp³-hybridized carbons (Fsp3) is 0.0500. The minimum absolute atomic E-state index is 0.107. The number of anilines is 1. The van der Waals surface area contributed by atoms with Crippen molar-refractivity contribution in [2.24, 2.45) is 0 Å². The van der Waals surface area contributed by atoms with Crippen LogP contribution < -0.4 is 5.32 Å². The van der Waals surface area contributed by atoms with Gasteiger partial charge in [-0.25, -0.2) is 0 Å². The highest BCUT2D eigenvalue weighted by molar-refractivity contribution is 6.36. The van der Waals surface area contributed by atoms with Crippen LogP contribution in [0.2, 0.25) is 15.1 Å². The van der Waals surface area contributed by atoms with Crippen LogP contribution in [0.15, 0.2) is 65.3 Å². The van der Waals surface area contributed by atoms with Crippen LogP contribution in [0.5, 0.6) is 0 Å². The third-order valence-electron chi connectivity index (χ3n) is 4.06. The number of halogens is 3. The molecule has 0 radical (unpaired) electrons. The van der Waals surface area contributed by atoms with E-state index in [9.17, 15) is 4.79 Å². The van der Waals surface area contributed by atoms with Gasteiger partial charge in [0.15, 0.2) is 17.3 Å². The molecule has 0 saturated carbocycles. The summed E-state index contributed by atoms with van der Waals surface area (Å²) in [6.07, 6.45) is 1.76. The molecule has 6 nitrogen and oxygen atoms in total. The van der Waals surface area contributed by atoms with Crippen molar-refractivity contribution in [2.75, 3.05) is 5.32 Å². The number of nitrogens with one attached hydrogen (secondary N) is 1. The van der Waals surface area contributed by atoms with Gasteiger partial charge in [0.25, 0.3) is 5.91 Å². The van der Waals surface area contributed by atoms with E-state index >= 15 is 0 Å². The molecule has 2 aromatic carbocycles. The summed E-state index contributed by atoms with van der Waals surface area (Å²) in [6, 6.07) is 15.7. The van der Waals surface area contributed by atoms with Crippen molar-refractivity contribution >= 4 is 46.5 Å². The van der Waals surface area contributed by atoms with E-state index in [1.807, 2.05) is 24.3 Å². The highest BCUT2D eigenvalue weighted by Crippen LogP contribution is 2.30. The summed E-state index contributed by atoms with van der Waals surface area (Å²) in [5.41, 5.74) is 1.70. The minimum atomic E-state index is -0.446. The minimum Gasteiger partial charge on any atom is -0.355 e. The molecular weight excluding hydrogens is 435 g/mol. The zero-order valence-electron chi connectivity index (χ0n) is 14.8. The summed E-state index contributed by atoms with van der Waals surface area (Å²) >= 11 is 18.1. The maximum Gasteiger partial charge on any atom is 0.279 e. The number of hydrogen-bond acceptors (Lipinski definition) is 4. The van der Waals surface area contributed by atoms with Gasteiger partial charge in [0, 0.05) is 33.9 Å². The van der Waals surface area contributed by atoms with Gasteiger partial charge in [0.2, 0.25) is 0 Å². The number of hydrogen-bond donors (Lipinski definition) is 1. The Bertz CT molecular complexity index is 1190. The maximum absolute atomic E-state index is 12.5. The molecule has 0 aliphatic rings. The van der Waals surface area contributed by atoms with E-state index in [4.69, 9.17) is 39.3 Å². The first-order chi connectivity index (χ1) is 14.0. The van der Waals surface area contributed by atoms with Crippen LogP contribution in [0.3, 0.4) is 0 Å². The lowest BCUT2D eigenvalue weighted by Crippen LogP contribution is -2.13. The first-order valence-corrected chi connectivity index (χ1v) is 9.63. The SMILES string of the molecule is O=C(Nc1ccn(Cc2cccc(Cl)c2)n1)c1cc(-c2ccc(Cl)cc2Cl)on1. The molecule has 9 heteroatoms. The number of benzene rings is 2. The quantitative estimate of drug-likeness (QED) is 0.420. The first kappa shape index (κ1) is 19.5. The van der Waals surface area contributed by atoms with E-state index < -0.39 is 5.91 Å². The lowest BCUT2D eigenvalue weighted by atomic mass is 10.1. The Kier molecular flexibility index (Phi) is 5.58. The van der Waals surface area contributed by atoms with Gasteiger partial charge < -0.3 is 9.84 Å².